The molecule has 0 saturated heterocycles. The summed E-state index contributed by atoms with van der Waals surface area (Å²) in [5.41, 5.74) is 2.31. The SMILES string of the molecule is CC(C)Oc1ccc(CNC(=O)[C@@H](C)SCc2ccccc2)cc1. The van der Waals surface area contributed by atoms with Gasteiger partial charge in [0.1, 0.15) is 5.75 Å². The molecular formula is C20H25NO2S. The second kappa shape index (κ2) is 9.38. The lowest BCUT2D eigenvalue weighted by atomic mass is 10.2. The van der Waals surface area contributed by atoms with E-state index in [9.17, 15) is 4.79 Å². The van der Waals surface area contributed by atoms with Gasteiger partial charge < -0.3 is 10.1 Å². The molecule has 0 radical (unpaired) electrons. The number of thioether (sulfide) groups is 1. The Hall–Kier alpha value is -1.94. The molecule has 1 amide bonds. The Morgan fingerprint density at radius 2 is 1.67 bits per heavy atom. The van der Waals surface area contributed by atoms with Crippen molar-refractivity contribution >= 4 is 17.7 Å². The number of hydrogen-bond acceptors (Lipinski definition) is 3. The summed E-state index contributed by atoms with van der Waals surface area (Å²) < 4.78 is 5.62. The average Bonchev–Trinajstić information content (AvgIpc) is 2.59. The molecule has 24 heavy (non-hydrogen) atoms. The van der Waals surface area contributed by atoms with Gasteiger partial charge in [0, 0.05) is 12.3 Å². The van der Waals surface area contributed by atoms with Crippen LogP contribution >= 0.6 is 11.8 Å². The van der Waals surface area contributed by atoms with Gasteiger partial charge in [0.2, 0.25) is 5.91 Å². The van der Waals surface area contributed by atoms with Crippen molar-refractivity contribution in [2.75, 3.05) is 0 Å². The van der Waals surface area contributed by atoms with Gasteiger partial charge in [-0.15, -0.1) is 11.8 Å². The maximum Gasteiger partial charge on any atom is 0.233 e. The summed E-state index contributed by atoms with van der Waals surface area (Å²) in [7, 11) is 0. The first kappa shape index (κ1) is 18.4. The van der Waals surface area contributed by atoms with Gasteiger partial charge in [0.05, 0.1) is 11.4 Å². The number of nitrogens with one attached hydrogen (secondary N) is 1. The first-order chi connectivity index (χ1) is 11.5. The van der Waals surface area contributed by atoms with Crippen LogP contribution in [0.25, 0.3) is 0 Å². The maximum absolute atomic E-state index is 12.2. The van der Waals surface area contributed by atoms with E-state index in [0.29, 0.717) is 6.54 Å². The van der Waals surface area contributed by atoms with Gasteiger partial charge in [-0.05, 0) is 44.0 Å². The van der Waals surface area contributed by atoms with Gasteiger partial charge in [-0.1, -0.05) is 42.5 Å². The molecule has 4 heteroatoms. The summed E-state index contributed by atoms with van der Waals surface area (Å²) >= 11 is 1.65. The zero-order chi connectivity index (χ0) is 17.4. The van der Waals surface area contributed by atoms with Crippen molar-refractivity contribution in [1.82, 2.24) is 5.32 Å². The van der Waals surface area contributed by atoms with Crippen LogP contribution in [0.4, 0.5) is 0 Å². The van der Waals surface area contributed by atoms with Crippen molar-refractivity contribution in [3.05, 3.63) is 65.7 Å². The summed E-state index contributed by atoms with van der Waals surface area (Å²) in [4.78, 5) is 12.2. The van der Waals surface area contributed by atoms with Crippen molar-refractivity contribution in [1.29, 1.82) is 0 Å². The Kier molecular flexibility index (Phi) is 7.19. The maximum atomic E-state index is 12.2. The van der Waals surface area contributed by atoms with E-state index in [1.54, 1.807) is 11.8 Å². The second-order valence-electron chi connectivity index (χ2n) is 5.97. The van der Waals surface area contributed by atoms with E-state index >= 15 is 0 Å². The molecular weight excluding hydrogens is 318 g/mol. The number of carbonyl (C=O) groups excluding carboxylic acids is 1. The van der Waals surface area contributed by atoms with Crippen LogP contribution in [0.15, 0.2) is 54.6 Å². The summed E-state index contributed by atoms with van der Waals surface area (Å²) in [5, 5.41) is 2.92. The smallest absolute Gasteiger partial charge is 0.233 e. The van der Waals surface area contributed by atoms with Crippen LogP contribution < -0.4 is 10.1 Å². The van der Waals surface area contributed by atoms with Crippen LogP contribution in [0.2, 0.25) is 0 Å². The van der Waals surface area contributed by atoms with E-state index in [0.717, 1.165) is 17.1 Å². The van der Waals surface area contributed by atoms with Gasteiger partial charge >= 0.3 is 0 Å². The fourth-order valence-corrected chi connectivity index (χ4v) is 3.03. The summed E-state index contributed by atoms with van der Waals surface area (Å²) in [5.74, 6) is 1.77. The van der Waals surface area contributed by atoms with Gasteiger partial charge in [0.15, 0.2) is 0 Å². The predicted molar refractivity (Wildman–Crippen MR) is 101 cm³/mol. The first-order valence-electron chi connectivity index (χ1n) is 8.23. The number of benzene rings is 2. The van der Waals surface area contributed by atoms with Gasteiger partial charge in [-0.2, -0.15) is 0 Å². The molecule has 128 valence electrons. The van der Waals surface area contributed by atoms with Crippen LogP contribution in [0.3, 0.4) is 0 Å². The molecule has 2 rings (SSSR count). The molecule has 3 nitrogen and oxygen atoms in total. The van der Waals surface area contributed by atoms with Crippen molar-refractivity contribution in [3.63, 3.8) is 0 Å². The Morgan fingerprint density at radius 1 is 1.00 bits per heavy atom. The molecule has 2 aromatic rings. The molecule has 0 aliphatic rings. The zero-order valence-electron chi connectivity index (χ0n) is 14.5. The molecule has 1 atom stereocenters. The van der Waals surface area contributed by atoms with Crippen LogP contribution in [0, 0.1) is 0 Å². The molecule has 0 aromatic heterocycles. The first-order valence-corrected chi connectivity index (χ1v) is 9.28. The predicted octanol–water partition coefficient (Wildman–Crippen LogP) is 4.41. The molecule has 0 fully saturated rings. The van der Waals surface area contributed by atoms with E-state index in [2.05, 4.69) is 17.4 Å². The second-order valence-corrected chi connectivity index (χ2v) is 7.30. The average molecular weight is 343 g/mol. The molecule has 0 aliphatic carbocycles. The Labute approximate surface area is 148 Å². The minimum absolute atomic E-state index is 0.0680. The summed E-state index contributed by atoms with van der Waals surface area (Å²) in [6, 6.07) is 18.1. The summed E-state index contributed by atoms with van der Waals surface area (Å²) in [6.45, 7) is 6.49. The molecule has 0 aliphatic heterocycles. The van der Waals surface area contributed by atoms with Crippen LogP contribution in [-0.2, 0) is 17.1 Å². The van der Waals surface area contributed by atoms with Crippen molar-refractivity contribution < 1.29 is 9.53 Å². The lowest BCUT2D eigenvalue weighted by Crippen LogP contribution is -2.30. The largest absolute Gasteiger partial charge is 0.491 e. The molecule has 0 saturated carbocycles. The monoisotopic (exact) mass is 343 g/mol. The highest BCUT2D eigenvalue weighted by atomic mass is 32.2. The normalized spacial score (nSPS) is 12.0. The quantitative estimate of drug-likeness (QED) is 0.771. The Bertz CT molecular complexity index is 626. The molecule has 0 heterocycles. The molecule has 2 aromatic carbocycles. The van der Waals surface area contributed by atoms with Crippen LogP contribution in [-0.4, -0.2) is 17.3 Å². The third kappa shape index (κ3) is 6.28. The van der Waals surface area contributed by atoms with Crippen LogP contribution in [0.1, 0.15) is 31.9 Å². The standard InChI is InChI=1S/C20H25NO2S/c1-15(2)23-19-11-9-17(10-12-19)13-21-20(22)16(3)24-14-18-7-5-4-6-8-18/h4-12,15-16H,13-14H2,1-3H3,(H,21,22)/t16-/m1/s1. The van der Waals surface area contributed by atoms with E-state index < -0.39 is 0 Å². The van der Waals surface area contributed by atoms with E-state index in [1.807, 2.05) is 63.2 Å². The zero-order valence-corrected chi connectivity index (χ0v) is 15.3. The molecule has 0 bridgehead atoms. The fraction of sp³-hybridized carbons (Fsp3) is 0.350. The number of amides is 1. The minimum Gasteiger partial charge on any atom is -0.491 e. The van der Waals surface area contributed by atoms with Gasteiger partial charge in [-0.25, -0.2) is 0 Å². The van der Waals surface area contributed by atoms with Crippen molar-refractivity contribution in [2.24, 2.45) is 0 Å². The molecule has 0 unspecified atom stereocenters. The lowest BCUT2D eigenvalue weighted by Gasteiger charge is -2.13. The highest BCUT2D eigenvalue weighted by Crippen LogP contribution is 2.18. The summed E-state index contributed by atoms with van der Waals surface area (Å²) in [6.07, 6.45) is 0.165. The highest BCUT2D eigenvalue weighted by Gasteiger charge is 2.13. The van der Waals surface area contributed by atoms with E-state index in [-0.39, 0.29) is 17.3 Å². The highest BCUT2D eigenvalue weighted by molar-refractivity contribution is 7.99. The number of ether oxygens (including phenoxy) is 1. The lowest BCUT2D eigenvalue weighted by molar-refractivity contribution is -0.120. The van der Waals surface area contributed by atoms with Gasteiger partial charge in [-0.3, -0.25) is 4.79 Å². The number of carbonyl (C=O) groups is 1. The van der Waals surface area contributed by atoms with E-state index in [1.165, 1.54) is 5.56 Å². The van der Waals surface area contributed by atoms with Crippen molar-refractivity contribution in [2.45, 2.75) is 44.4 Å². The van der Waals surface area contributed by atoms with Crippen LogP contribution in [0.5, 0.6) is 5.75 Å². The molecule has 1 N–H and O–H groups in total. The van der Waals surface area contributed by atoms with Crippen molar-refractivity contribution in [3.8, 4) is 5.75 Å². The molecule has 0 spiro atoms. The minimum atomic E-state index is -0.0752. The fourth-order valence-electron chi connectivity index (χ4n) is 2.16. The number of rotatable bonds is 8. The topological polar surface area (TPSA) is 38.3 Å². The Morgan fingerprint density at radius 3 is 2.29 bits per heavy atom. The third-order valence-electron chi connectivity index (χ3n) is 3.47. The number of hydrogen-bond donors (Lipinski definition) is 1. The third-order valence-corrected chi connectivity index (χ3v) is 4.69. The van der Waals surface area contributed by atoms with Gasteiger partial charge in [0.25, 0.3) is 0 Å². The Balaban J connectivity index is 1.75. The van der Waals surface area contributed by atoms with E-state index in [4.69, 9.17) is 4.74 Å².